The van der Waals surface area contributed by atoms with Crippen LogP contribution in [0, 0.1) is 0 Å². The van der Waals surface area contributed by atoms with Crippen molar-refractivity contribution in [2.75, 3.05) is 34.2 Å². The number of hydrogen-bond acceptors (Lipinski definition) is 6. The molecule has 144 valence electrons. The van der Waals surface area contributed by atoms with Crippen LogP contribution < -0.4 is 17.2 Å². The maximum absolute atomic E-state index is 12.3. The summed E-state index contributed by atoms with van der Waals surface area (Å²) in [6, 6.07) is -1.01. The van der Waals surface area contributed by atoms with E-state index in [2.05, 4.69) is 4.99 Å². The van der Waals surface area contributed by atoms with Gasteiger partial charge in [0.1, 0.15) is 12.6 Å². The lowest BCUT2D eigenvalue weighted by Crippen LogP contribution is -2.57. The predicted octanol–water partition coefficient (Wildman–Crippen LogP) is -1.58. The number of aliphatic imine (C=N–C) groups is 1. The Labute approximate surface area is 147 Å². The molecule has 0 saturated heterocycles. The second-order valence-corrected chi connectivity index (χ2v) is 7.05. The number of aliphatic carboxylic acids is 1. The Balaban J connectivity index is 5.15. The van der Waals surface area contributed by atoms with Crippen LogP contribution in [0.1, 0.15) is 26.2 Å². The normalized spacial score (nSPS) is 14.9. The molecule has 0 aromatic heterocycles. The number of guanidine groups is 1. The van der Waals surface area contributed by atoms with Crippen LogP contribution in [0.5, 0.6) is 0 Å². The van der Waals surface area contributed by atoms with E-state index in [1.807, 2.05) is 0 Å². The van der Waals surface area contributed by atoms with Crippen LogP contribution in [0.25, 0.3) is 0 Å². The van der Waals surface area contributed by atoms with Crippen molar-refractivity contribution in [3.05, 3.63) is 0 Å². The van der Waals surface area contributed by atoms with Gasteiger partial charge in [0.15, 0.2) is 11.7 Å². The van der Waals surface area contributed by atoms with E-state index in [0.29, 0.717) is 13.0 Å². The zero-order valence-electron chi connectivity index (χ0n) is 15.3. The van der Waals surface area contributed by atoms with Crippen molar-refractivity contribution < 1.29 is 28.7 Å². The van der Waals surface area contributed by atoms with Gasteiger partial charge < -0.3 is 31.5 Å². The SMILES string of the molecule is CC(=O)[C@@](CC(=O)O)(C[N+](C)(C)C)OC(=O)[C@@H](N)CCCN=C(N)N. The quantitative estimate of drug-likeness (QED) is 0.112. The highest BCUT2D eigenvalue weighted by molar-refractivity contribution is 5.92. The molecule has 0 spiro atoms. The summed E-state index contributed by atoms with van der Waals surface area (Å²) >= 11 is 0. The minimum Gasteiger partial charge on any atom is -0.481 e. The van der Waals surface area contributed by atoms with E-state index in [1.165, 1.54) is 6.92 Å². The highest BCUT2D eigenvalue weighted by Crippen LogP contribution is 2.22. The molecule has 10 nitrogen and oxygen atoms in total. The molecule has 10 heteroatoms. The van der Waals surface area contributed by atoms with E-state index >= 15 is 0 Å². The molecule has 0 rings (SSSR count). The first-order valence-corrected chi connectivity index (χ1v) is 7.86. The third-order valence-electron chi connectivity index (χ3n) is 3.37. The van der Waals surface area contributed by atoms with Crippen molar-refractivity contribution in [1.29, 1.82) is 0 Å². The summed E-state index contributed by atoms with van der Waals surface area (Å²) in [6.45, 7) is 1.52. The van der Waals surface area contributed by atoms with Gasteiger partial charge in [0.05, 0.1) is 27.6 Å². The van der Waals surface area contributed by atoms with Gasteiger partial charge in [0.25, 0.3) is 0 Å². The van der Waals surface area contributed by atoms with E-state index in [4.69, 9.17) is 27.0 Å². The Morgan fingerprint density at radius 2 is 1.80 bits per heavy atom. The molecule has 2 atom stereocenters. The molecule has 0 aromatic rings. The van der Waals surface area contributed by atoms with Crippen LogP contribution in [-0.2, 0) is 19.1 Å². The summed E-state index contributed by atoms with van der Waals surface area (Å²) in [7, 11) is 5.30. The number of carboxylic acids is 1. The number of hydrogen-bond donors (Lipinski definition) is 4. The lowest BCUT2D eigenvalue weighted by atomic mass is 9.93. The molecule has 0 fully saturated rings. The molecule has 0 aliphatic rings. The predicted molar refractivity (Wildman–Crippen MR) is 92.5 cm³/mol. The second kappa shape index (κ2) is 9.33. The maximum Gasteiger partial charge on any atom is 0.324 e. The second-order valence-electron chi connectivity index (χ2n) is 7.05. The standard InChI is InChI=1S/C15H29N5O5/c1-10(21)15(8-12(22)23,9-20(2,3)4)25-13(24)11(16)6-5-7-19-14(17)18/h11H,5-9,16H2,1-4H3,(H4-,17,18,19,22,23)/p+1/t11-,15+/m0/s1. The molecule has 0 unspecified atom stereocenters. The molecule has 0 saturated carbocycles. The van der Waals surface area contributed by atoms with Gasteiger partial charge in [-0.1, -0.05) is 0 Å². The fraction of sp³-hybridized carbons (Fsp3) is 0.733. The molecule has 25 heavy (non-hydrogen) atoms. The topological polar surface area (TPSA) is 171 Å². The van der Waals surface area contributed by atoms with Crippen LogP contribution in [0.2, 0.25) is 0 Å². The average molecular weight is 360 g/mol. The Bertz CT molecular complexity index is 525. The Hall–Kier alpha value is -2.20. The first-order chi connectivity index (χ1) is 11.3. The molecule has 0 radical (unpaired) electrons. The number of carbonyl (C=O) groups excluding carboxylic acids is 2. The smallest absolute Gasteiger partial charge is 0.324 e. The summed E-state index contributed by atoms with van der Waals surface area (Å²) < 4.78 is 5.57. The number of carboxylic acid groups (broad SMARTS) is 1. The number of nitrogens with zero attached hydrogens (tertiary/aromatic N) is 2. The largest absolute Gasteiger partial charge is 0.481 e. The van der Waals surface area contributed by atoms with Gasteiger partial charge in [-0.15, -0.1) is 0 Å². The fourth-order valence-corrected chi connectivity index (χ4v) is 2.35. The van der Waals surface area contributed by atoms with Crippen LogP contribution in [-0.4, -0.2) is 79.1 Å². The lowest BCUT2D eigenvalue weighted by Gasteiger charge is -2.36. The monoisotopic (exact) mass is 360 g/mol. The number of ketones is 1. The minimum atomic E-state index is -1.77. The third-order valence-corrected chi connectivity index (χ3v) is 3.37. The number of ether oxygens (including phenoxy) is 1. The number of likely N-dealkylation sites (N-methyl/N-ethyl adjacent to an activating group) is 1. The Kier molecular flexibility index (Phi) is 8.51. The van der Waals surface area contributed by atoms with Gasteiger partial charge >= 0.3 is 11.9 Å². The van der Waals surface area contributed by atoms with E-state index in [-0.39, 0.29) is 23.4 Å². The number of nitrogens with two attached hydrogens (primary N) is 3. The van der Waals surface area contributed by atoms with Crippen LogP contribution in [0.4, 0.5) is 0 Å². The maximum atomic E-state index is 12.3. The van der Waals surface area contributed by atoms with Crippen LogP contribution >= 0.6 is 0 Å². The summed E-state index contributed by atoms with van der Waals surface area (Å²) in [5.74, 6) is -2.66. The lowest BCUT2D eigenvalue weighted by molar-refractivity contribution is -0.875. The first-order valence-electron chi connectivity index (χ1n) is 7.86. The first kappa shape index (κ1) is 22.8. The van der Waals surface area contributed by atoms with E-state index in [0.717, 1.165) is 0 Å². The zero-order valence-corrected chi connectivity index (χ0v) is 15.3. The van der Waals surface area contributed by atoms with Gasteiger partial charge in [-0.25, -0.2) is 0 Å². The number of quaternary nitrogens is 1. The van der Waals surface area contributed by atoms with Gasteiger partial charge in [0.2, 0.25) is 5.60 Å². The highest BCUT2D eigenvalue weighted by atomic mass is 16.6. The molecular weight excluding hydrogens is 330 g/mol. The summed E-state index contributed by atoms with van der Waals surface area (Å²) in [5, 5.41) is 9.15. The van der Waals surface area contributed by atoms with E-state index < -0.39 is 35.8 Å². The Morgan fingerprint density at radius 1 is 1.24 bits per heavy atom. The molecule has 0 heterocycles. The summed E-state index contributed by atoms with van der Waals surface area (Å²) in [6.07, 6.45) is 0.0564. The Morgan fingerprint density at radius 3 is 2.20 bits per heavy atom. The van der Waals surface area contributed by atoms with Crippen LogP contribution in [0.15, 0.2) is 4.99 Å². The molecular formula is C15H30N5O5+. The van der Waals surface area contributed by atoms with Gasteiger partial charge in [-0.2, -0.15) is 0 Å². The fourth-order valence-electron chi connectivity index (χ4n) is 2.35. The molecule has 0 amide bonds. The molecule has 0 bridgehead atoms. The summed E-state index contributed by atoms with van der Waals surface area (Å²) in [4.78, 5) is 39.4. The summed E-state index contributed by atoms with van der Waals surface area (Å²) in [5.41, 5.74) is 14.4. The number of Topliss-reactive ketones (excluding diaryl/α,β-unsaturated/α-hetero) is 1. The molecule has 0 aliphatic heterocycles. The number of carbonyl (C=O) groups is 3. The van der Waals surface area contributed by atoms with Crippen molar-refractivity contribution in [3.8, 4) is 0 Å². The minimum absolute atomic E-state index is 0.0150. The van der Waals surface area contributed by atoms with Crippen molar-refractivity contribution in [2.24, 2.45) is 22.2 Å². The highest BCUT2D eigenvalue weighted by Gasteiger charge is 2.47. The zero-order chi connectivity index (χ0) is 19.8. The van der Waals surface area contributed by atoms with Crippen molar-refractivity contribution in [1.82, 2.24) is 0 Å². The van der Waals surface area contributed by atoms with Gasteiger partial charge in [-0.05, 0) is 19.8 Å². The number of esters is 1. The van der Waals surface area contributed by atoms with Crippen molar-refractivity contribution in [2.45, 2.75) is 37.8 Å². The van der Waals surface area contributed by atoms with E-state index in [1.54, 1.807) is 21.1 Å². The third kappa shape index (κ3) is 9.01. The molecule has 0 aliphatic carbocycles. The molecule has 7 N–H and O–H groups in total. The van der Waals surface area contributed by atoms with Gasteiger partial charge in [0, 0.05) is 6.54 Å². The van der Waals surface area contributed by atoms with Gasteiger partial charge in [-0.3, -0.25) is 19.4 Å². The van der Waals surface area contributed by atoms with E-state index in [9.17, 15) is 14.4 Å². The van der Waals surface area contributed by atoms with Crippen molar-refractivity contribution >= 4 is 23.7 Å². The van der Waals surface area contributed by atoms with Crippen LogP contribution in [0.3, 0.4) is 0 Å². The van der Waals surface area contributed by atoms with Crippen molar-refractivity contribution in [3.63, 3.8) is 0 Å². The average Bonchev–Trinajstić information content (AvgIpc) is 2.39. The molecule has 0 aromatic carbocycles. The number of rotatable bonds is 11.